The summed E-state index contributed by atoms with van der Waals surface area (Å²) in [4.78, 5) is 0.338. The van der Waals surface area contributed by atoms with Crippen molar-refractivity contribution in [2.24, 2.45) is 0 Å². The second-order valence-electron chi connectivity index (χ2n) is 4.58. The topological polar surface area (TPSA) is 46.2 Å². The zero-order valence-corrected chi connectivity index (χ0v) is 12.9. The molecule has 0 amide bonds. The maximum absolute atomic E-state index is 12.0. The van der Waals surface area contributed by atoms with Gasteiger partial charge in [0.05, 0.1) is 10.6 Å². The van der Waals surface area contributed by atoms with Gasteiger partial charge in [-0.15, -0.1) is 0 Å². The predicted octanol–water partition coefficient (Wildman–Crippen LogP) is 3.28. The molecular formula is C14H22ClNO2S. The number of nitrogens with one attached hydrogen (secondary N) is 1. The van der Waals surface area contributed by atoms with Crippen LogP contribution in [-0.2, 0) is 9.84 Å². The monoisotopic (exact) mass is 303 g/mol. The van der Waals surface area contributed by atoms with Gasteiger partial charge >= 0.3 is 0 Å². The summed E-state index contributed by atoms with van der Waals surface area (Å²) < 4.78 is 24.0. The molecule has 19 heavy (non-hydrogen) atoms. The van der Waals surface area contributed by atoms with Crippen molar-refractivity contribution < 1.29 is 8.42 Å². The molecule has 5 heteroatoms. The molecule has 0 bridgehead atoms. The minimum Gasteiger partial charge on any atom is -0.316 e. The smallest absolute Gasteiger partial charge is 0.179 e. The summed E-state index contributed by atoms with van der Waals surface area (Å²) in [6.45, 7) is 3.55. The zero-order chi connectivity index (χ0) is 14.1. The number of benzene rings is 1. The van der Waals surface area contributed by atoms with Crippen molar-refractivity contribution in [1.29, 1.82) is 0 Å². The molecule has 0 saturated heterocycles. The summed E-state index contributed by atoms with van der Waals surface area (Å²) in [5.41, 5.74) is 0. The van der Waals surface area contributed by atoms with Gasteiger partial charge in [-0.1, -0.05) is 37.8 Å². The molecule has 0 aliphatic carbocycles. The van der Waals surface area contributed by atoms with Crippen molar-refractivity contribution in [3.8, 4) is 0 Å². The van der Waals surface area contributed by atoms with E-state index in [1.807, 2.05) is 0 Å². The van der Waals surface area contributed by atoms with E-state index in [9.17, 15) is 8.42 Å². The van der Waals surface area contributed by atoms with Gasteiger partial charge in [-0.3, -0.25) is 0 Å². The third kappa shape index (κ3) is 6.41. The molecule has 1 aromatic rings. The maximum Gasteiger partial charge on any atom is 0.179 e. The van der Waals surface area contributed by atoms with Crippen LogP contribution in [0.4, 0.5) is 0 Å². The lowest BCUT2D eigenvalue weighted by Gasteiger charge is -2.06. The molecule has 108 valence electrons. The second-order valence-corrected chi connectivity index (χ2v) is 7.13. The molecule has 0 aromatic heterocycles. The summed E-state index contributed by atoms with van der Waals surface area (Å²) in [6.07, 6.45) is 4.76. The van der Waals surface area contributed by atoms with E-state index in [-0.39, 0.29) is 5.75 Å². The Morgan fingerprint density at radius 3 is 2.37 bits per heavy atom. The number of hydrogen-bond donors (Lipinski definition) is 1. The van der Waals surface area contributed by atoms with Crippen LogP contribution in [0.2, 0.25) is 5.02 Å². The predicted molar refractivity (Wildman–Crippen MR) is 80.5 cm³/mol. The van der Waals surface area contributed by atoms with Crippen LogP contribution in [0.25, 0.3) is 0 Å². The molecular weight excluding hydrogens is 282 g/mol. The Hall–Kier alpha value is -0.580. The molecule has 1 aromatic carbocycles. The number of unbranched alkanes of at least 4 members (excludes halogenated alkanes) is 3. The quantitative estimate of drug-likeness (QED) is 0.712. The first-order valence-corrected chi connectivity index (χ1v) is 8.78. The Morgan fingerprint density at radius 2 is 1.74 bits per heavy atom. The van der Waals surface area contributed by atoms with Crippen LogP contribution < -0.4 is 5.32 Å². The lowest BCUT2D eigenvalue weighted by atomic mass is 10.2. The zero-order valence-electron chi connectivity index (χ0n) is 11.4. The Kier molecular flexibility index (Phi) is 7.42. The summed E-state index contributed by atoms with van der Waals surface area (Å²) in [5, 5.41) is 3.73. The van der Waals surface area contributed by atoms with E-state index in [1.165, 1.54) is 19.3 Å². The van der Waals surface area contributed by atoms with Gasteiger partial charge in [-0.25, -0.2) is 8.42 Å². The fraction of sp³-hybridized carbons (Fsp3) is 0.571. The summed E-state index contributed by atoms with van der Waals surface area (Å²) in [5.74, 6) is 0.127. The van der Waals surface area contributed by atoms with Crippen LogP contribution in [0.5, 0.6) is 0 Å². The van der Waals surface area contributed by atoms with Gasteiger partial charge in [-0.05, 0) is 37.2 Å². The molecule has 1 rings (SSSR count). The fourth-order valence-electron chi connectivity index (χ4n) is 1.77. The van der Waals surface area contributed by atoms with Crippen LogP contribution in [0, 0.1) is 0 Å². The lowest BCUT2D eigenvalue weighted by molar-refractivity contribution is 0.583. The van der Waals surface area contributed by atoms with Crippen LogP contribution in [-0.4, -0.2) is 27.3 Å². The van der Waals surface area contributed by atoms with Gasteiger partial charge < -0.3 is 5.32 Å². The number of hydrogen-bond acceptors (Lipinski definition) is 3. The van der Waals surface area contributed by atoms with E-state index in [0.717, 1.165) is 13.0 Å². The van der Waals surface area contributed by atoms with E-state index in [4.69, 9.17) is 11.6 Å². The molecule has 0 saturated carbocycles. The third-order valence-electron chi connectivity index (χ3n) is 2.93. The molecule has 1 N–H and O–H groups in total. The average Bonchev–Trinajstić information content (AvgIpc) is 2.38. The SMILES string of the molecule is CCCCCCNCCS(=O)(=O)c1ccc(Cl)cc1. The van der Waals surface area contributed by atoms with E-state index in [0.29, 0.717) is 16.5 Å². The van der Waals surface area contributed by atoms with Gasteiger partial charge in [0, 0.05) is 11.6 Å². The molecule has 0 fully saturated rings. The maximum atomic E-state index is 12.0. The summed E-state index contributed by atoms with van der Waals surface area (Å²) in [6, 6.07) is 6.32. The highest BCUT2D eigenvalue weighted by molar-refractivity contribution is 7.91. The second kappa shape index (κ2) is 8.56. The van der Waals surface area contributed by atoms with Crippen molar-refractivity contribution in [3.63, 3.8) is 0 Å². The van der Waals surface area contributed by atoms with Gasteiger partial charge in [0.2, 0.25) is 0 Å². The molecule has 0 spiro atoms. The van der Waals surface area contributed by atoms with Crippen LogP contribution >= 0.6 is 11.6 Å². The normalized spacial score (nSPS) is 11.7. The molecule has 0 heterocycles. The van der Waals surface area contributed by atoms with Crippen molar-refractivity contribution in [2.45, 2.75) is 37.5 Å². The molecule has 0 radical (unpaired) electrons. The molecule has 3 nitrogen and oxygen atoms in total. The third-order valence-corrected chi connectivity index (χ3v) is 4.91. The first-order chi connectivity index (χ1) is 9.06. The van der Waals surface area contributed by atoms with Crippen molar-refractivity contribution in [1.82, 2.24) is 5.32 Å². The molecule has 0 aliphatic heterocycles. The van der Waals surface area contributed by atoms with Crippen molar-refractivity contribution in [2.75, 3.05) is 18.8 Å². The Morgan fingerprint density at radius 1 is 1.05 bits per heavy atom. The first-order valence-electron chi connectivity index (χ1n) is 6.75. The molecule has 0 unspecified atom stereocenters. The molecule has 0 aliphatic rings. The van der Waals surface area contributed by atoms with E-state index in [2.05, 4.69) is 12.2 Å². The Labute approximate surface area is 121 Å². The summed E-state index contributed by atoms with van der Waals surface area (Å²) in [7, 11) is -3.20. The minimum absolute atomic E-state index is 0.127. The van der Waals surface area contributed by atoms with Gasteiger partial charge in [0.1, 0.15) is 0 Å². The van der Waals surface area contributed by atoms with Crippen LogP contribution in [0.1, 0.15) is 32.6 Å². The minimum atomic E-state index is -3.20. The highest BCUT2D eigenvalue weighted by Gasteiger charge is 2.13. The van der Waals surface area contributed by atoms with E-state index >= 15 is 0 Å². The summed E-state index contributed by atoms with van der Waals surface area (Å²) >= 11 is 5.74. The van der Waals surface area contributed by atoms with E-state index in [1.54, 1.807) is 24.3 Å². The fourth-order valence-corrected chi connectivity index (χ4v) is 3.09. The standard InChI is InChI=1S/C14H22ClNO2S/c1-2-3-4-5-10-16-11-12-19(17,18)14-8-6-13(15)7-9-14/h6-9,16H,2-5,10-12H2,1H3. The van der Waals surface area contributed by atoms with Gasteiger partial charge in [0.25, 0.3) is 0 Å². The Balaban J connectivity index is 2.29. The highest BCUT2D eigenvalue weighted by Crippen LogP contribution is 2.15. The number of rotatable bonds is 9. The van der Waals surface area contributed by atoms with Crippen LogP contribution in [0.15, 0.2) is 29.2 Å². The van der Waals surface area contributed by atoms with Crippen molar-refractivity contribution in [3.05, 3.63) is 29.3 Å². The Bertz CT molecular complexity index is 457. The van der Waals surface area contributed by atoms with Gasteiger partial charge in [-0.2, -0.15) is 0 Å². The number of sulfone groups is 1. The van der Waals surface area contributed by atoms with Gasteiger partial charge in [0.15, 0.2) is 9.84 Å². The number of halogens is 1. The average molecular weight is 304 g/mol. The largest absolute Gasteiger partial charge is 0.316 e. The first kappa shape index (κ1) is 16.5. The van der Waals surface area contributed by atoms with Crippen LogP contribution in [0.3, 0.4) is 0 Å². The van der Waals surface area contributed by atoms with E-state index < -0.39 is 9.84 Å². The lowest BCUT2D eigenvalue weighted by Crippen LogP contribution is -2.24. The molecule has 0 atom stereocenters. The highest BCUT2D eigenvalue weighted by atomic mass is 35.5. The van der Waals surface area contributed by atoms with Crippen molar-refractivity contribution >= 4 is 21.4 Å².